The molecule has 1 heterocycles. The molecular weight excluding hydrogens is 182 g/mol. The van der Waals surface area contributed by atoms with Crippen molar-refractivity contribution in [2.45, 2.75) is 33.0 Å². The highest BCUT2D eigenvalue weighted by Gasteiger charge is 2.23. The minimum atomic E-state index is -0.144. The molecule has 0 aromatic rings. The predicted molar refractivity (Wildman–Crippen MR) is 53.0 cm³/mol. The molecule has 0 aromatic heterocycles. The summed E-state index contributed by atoms with van der Waals surface area (Å²) in [6.45, 7) is 6.57. The third kappa shape index (κ3) is 3.03. The maximum atomic E-state index is 10.8. The number of allylic oxidation sites excluding steroid dienone is 1. The first kappa shape index (κ1) is 11.0. The Morgan fingerprint density at radius 2 is 1.93 bits per heavy atom. The molecule has 4 heteroatoms. The molecule has 0 amide bonds. The minimum absolute atomic E-state index is 0.0412. The molecule has 0 spiro atoms. The van der Waals surface area contributed by atoms with E-state index < -0.39 is 0 Å². The third-order valence-corrected chi connectivity index (χ3v) is 2.08. The van der Waals surface area contributed by atoms with Crippen LogP contribution in [0.2, 0.25) is 0 Å². The van der Waals surface area contributed by atoms with Gasteiger partial charge in [0, 0.05) is 19.2 Å². The number of morpholine rings is 1. The summed E-state index contributed by atoms with van der Waals surface area (Å²) in [4.78, 5) is 12.5. The van der Waals surface area contributed by atoms with E-state index in [2.05, 4.69) is 0 Å². The van der Waals surface area contributed by atoms with E-state index in [1.807, 2.05) is 13.8 Å². The van der Waals surface area contributed by atoms with E-state index in [0.717, 1.165) is 0 Å². The lowest BCUT2D eigenvalue weighted by Gasteiger charge is -2.35. The van der Waals surface area contributed by atoms with Crippen molar-refractivity contribution in [2.75, 3.05) is 13.1 Å². The topological polar surface area (TPSA) is 49.8 Å². The van der Waals surface area contributed by atoms with Gasteiger partial charge in [-0.2, -0.15) is 0 Å². The highest BCUT2D eigenvalue weighted by molar-refractivity contribution is 5.87. The molecule has 2 atom stereocenters. The highest BCUT2D eigenvalue weighted by Crippen LogP contribution is 2.14. The van der Waals surface area contributed by atoms with Crippen molar-refractivity contribution in [3.8, 4) is 0 Å². The fourth-order valence-electron chi connectivity index (χ4n) is 1.64. The molecular formula is C10H17NO3. The van der Waals surface area contributed by atoms with Crippen molar-refractivity contribution < 1.29 is 14.6 Å². The van der Waals surface area contributed by atoms with Crippen LogP contribution in [-0.2, 0) is 9.53 Å². The second kappa shape index (κ2) is 4.46. The van der Waals surface area contributed by atoms with Gasteiger partial charge in [-0.05, 0) is 20.8 Å². The van der Waals surface area contributed by atoms with Crippen LogP contribution >= 0.6 is 0 Å². The normalized spacial score (nSPS) is 29.1. The Hall–Kier alpha value is -1.03. The Bertz CT molecular complexity index is 240. The standard InChI is InChI=1S/C10H17NO3/c1-7(12)4-10(13)11-5-8(2)14-9(3)6-11/h4,8-9,13H,5-6H2,1-3H3/b10-4-. The summed E-state index contributed by atoms with van der Waals surface area (Å²) in [6, 6.07) is 0. The van der Waals surface area contributed by atoms with Crippen molar-refractivity contribution in [1.82, 2.24) is 4.90 Å². The van der Waals surface area contributed by atoms with E-state index in [-0.39, 0.29) is 23.9 Å². The first-order chi connectivity index (χ1) is 6.49. The van der Waals surface area contributed by atoms with E-state index in [9.17, 15) is 9.90 Å². The number of ether oxygens (including phenoxy) is 1. The zero-order valence-corrected chi connectivity index (χ0v) is 8.86. The summed E-state index contributed by atoms with van der Waals surface area (Å²) in [7, 11) is 0. The monoisotopic (exact) mass is 199 g/mol. The van der Waals surface area contributed by atoms with Crippen LogP contribution in [0.25, 0.3) is 0 Å². The van der Waals surface area contributed by atoms with Gasteiger partial charge in [0.25, 0.3) is 0 Å². The van der Waals surface area contributed by atoms with E-state index >= 15 is 0 Å². The van der Waals surface area contributed by atoms with Gasteiger partial charge in [-0.25, -0.2) is 0 Å². The lowest BCUT2D eigenvalue weighted by atomic mass is 10.2. The highest BCUT2D eigenvalue weighted by atomic mass is 16.5. The smallest absolute Gasteiger partial charge is 0.190 e. The van der Waals surface area contributed by atoms with E-state index in [1.165, 1.54) is 13.0 Å². The number of nitrogens with zero attached hydrogens (tertiary/aromatic N) is 1. The van der Waals surface area contributed by atoms with Crippen molar-refractivity contribution >= 4 is 5.78 Å². The Kier molecular flexibility index (Phi) is 3.52. The summed E-state index contributed by atoms with van der Waals surface area (Å²) in [6.07, 6.45) is 1.41. The zero-order valence-electron chi connectivity index (χ0n) is 8.86. The minimum Gasteiger partial charge on any atom is -0.495 e. The SMILES string of the molecule is CC(=O)/C=C(\O)N1CC(C)OC(C)C1. The molecule has 1 N–H and O–H groups in total. The van der Waals surface area contributed by atoms with Gasteiger partial charge in [-0.1, -0.05) is 0 Å². The lowest BCUT2D eigenvalue weighted by Crippen LogP contribution is -2.44. The van der Waals surface area contributed by atoms with Gasteiger partial charge in [0.05, 0.1) is 12.2 Å². The molecule has 80 valence electrons. The van der Waals surface area contributed by atoms with Gasteiger partial charge in [-0.15, -0.1) is 0 Å². The summed E-state index contributed by atoms with van der Waals surface area (Å²) in [5.74, 6) is -0.103. The van der Waals surface area contributed by atoms with Crippen LogP contribution < -0.4 is 0 Å². The second-order valence-electron chi connectivity index (χ2n) is 3.78. The number of aliphatic hydroxyl groups excluding tert-OH is 1. The van der Waals surface area contributed by atoms with Crippen LogP contribution in [0, 0.1) is 0 Å². The summed E-state index contributed by atoms with van der Waals surface area (Å²) < 4.78 is 5.51. The molecule has 0 aromatic carbocycles. The summed E-state index contributed by atoms with van der Waals surface area (Å²) >= 11 is 0. The molecule has 0 radical (unpaired) electrons. The predicted octanol–water partition coefficient (Wildman–Crippen LogP) is 1.08. The molecule has 14 heavy (non-hydrogen) atoms. The van der Waals surface area contributed by atoms with E-state index in [4.69, 9.17) is 4.74 Å². The Labute approximate surface area is 84.2 Å². The number of aliphatic hydroxyl groups is 1. The van der Waals surface area contributed by atoms with Gasteiger partial charge in [-0.3, -0.25) is 4.79 Å². The van der Waals surface area contributed by atoms with Crippen LogP contribution in [0.3, 0.4) is 0 Å². The quantitative estimate of drug-likeness (QED) is 0.534. The number of hydrogen-bond acceptors (Lipinski definition) is 4. The zero-order chi connectivity index (χ0) is 10.7. The largest absolute Gasteiger partial charge is 0.495 e. The molecule has 1 aliphatic heterocycles. The molecule has 4 nitrogen and oxygen atoms in total. The number of carbonyl (C=O) groups excluding carboxylic acids is 1. The molecule has 0 aliphatic carbocycles. The van der Waals surface area contributed by atoms with Gasteiger partial charge >= 0.3 is 0 Å². The third-order valence-electron chi connectivity index (χ3n) is 2.08. The first-order valence-corrected chi connectivity index (χ1v) is 4.80. The maximum Gasteiger partial charge on any atom is 0.190 e. The average Bonchev–Trinajstić information content (AvgIpc) is 2.00. The van der Waals surface area contributed by atoms with Crippen molar-refractivity contribution in [3.63, 3.8) is 0 Å². The maximum absolute atomic E-state index is 10.8. The van der Waals surface area contributed by atoms with Crippen molar-refractivity contribution in [2.24, 2.45) is 0 Å². The van der Waals surface area contributed by atoms with Gasteiger partial charge in [0.15, 0.2) is 11.7 Å². The second-order valence-corrected chi connectivity index (χ2v) is 3.78. The van der Waals surface area contributed by atoms with Crippen molar-refractivity contribution in [3.05, 3.63) is 12.0 Å². The van der Waals surface area contributed by atoms with Crippen LogP contribution in [0.5, 0.6) is 0 Å². The average molecular weight is 199 g/mol. The molecule has 0 saturated carbocycles. The number of ketones is 1. The summed E-state index contributed by atoms with van der Waals surface area (Å²) in [5.41, 5.74) is 0. The van der Waals surface area contributed by atoms with Crippen LogP contribution in [-0.4, -0.2) is 41.1 Å². The van der Waals surface area contributed by atoms with E-state index in [0.29, 0.717) is 13.1 Å². The fraction of sp³-hybridized carbons (Fsp3) is 0.700. The Morgan fingerprint density at radius 1 is 1.43 bits per heavy atom. The summed E-state index contributed by atoms with van der Waals surface area (Å²) in [5, 5.41) is 9.59. The van der Waals surface area contributed by atoms with Gasteiger partial charge in [0.1, 0.15) is 0 Å². The van der Waals surface area contributed by atoms with Crippen LogP contribution in [0.1, 0.15) is 20.8 Å². The van der Waals surface area contributed by atoms with Crippen LogP contribution in [0.4, 0.5) is 0 Å². The van der Waals surface area contributed by atoms with Gasteiger partial charge < -0.3 is 14.7 Å². The molecule has 1 aliphatic rings. The van der Waals surface area contributed by atoms with Crippen molar-refractivity contribution in [1.29, 1.82) is 0 Å². The Morgan fingerprint density at radius 3 is 2.36 bits per heavy atom. The molecule has 1 rings (SSSR count). The number of rotatable bonds is 2. The molecule has 2 unspecified atom stereocenters. The van der Waals surface area contributed by atoms with Crippen LogP contribution in [0.15, 0.2) is 12.0 Å². The number of hydrogen-bond donors (Lipinski definition) is 1. The number of carbonyl (C=O) groups is 1. The molecule has 1 fully saturated rings. The molecule has 1 saturated heterocycles. The molecule has 0 bridgehead atoms. The first-order valence-electron chi connectivity index (χ1n) is 4.80. The Balaban J connectivity index is 2.63. The van der Waals surface area contributed by atoms with Gasteiger partial charge in [0.2, 0.25) is 0 Å². The van der Waals surface area contributed by atoms with E-state index in [1.54, 1.807) is 4.90 Å². The lowest BCUT2D eigenvalue weighted by molar-refractivity contribution is -0.113. The fourth-order valence-corrected chi connectivity index (χ4v) is 1.64.